The van der Waals surface area contributed by atoms with Crippen LogP contribution in [0.25, 0.3) is 0 Å². The Morgan fingerprint density at radius 2 is 1.71 bits per heavy atom. The van der Waals surface area contributed by atoms with Crippen LogP contribution in [0.4, 0.5) is 11.4 Å². The van der Waals surface area contributed by atoms with Gasteiger partial charge in [-0.3, -0.25) is 9.59 Å². The van der Waals surface area contributed by atoms with Crippen molar-refractivity contribution in [2.45, 2.75) is 25.0 Å². The number of hydrogen-bond donors (Lipinski definition) is 2. The molecular weight excluding hydrogens is 537 g/mol. The molecule has 0 aliphatic rings. The Morgan fingerprint density at radius 3 is 2.40 bits per heavy atom. The summed E-state index contributed by atoms with van der Waals surface area (Å²) in [6.07, 6.45) is -0.0240. The van der Waals surface area contributed by atoms with Gasteiger partial charge in [0.15, 0.2) is 5.16 Å². The first-order valence-electron chi connectivity index (χ1n) is 10.2. The van der Waals surface area contributed by atoms with Gasteiger partial charge in [0.05, 0.1) is 45.6 Å². The van der Waals surface area contributed by atoms with Crippen molar-refractivity contribution in [2.24, 2.45) is 0 Å². The highest BCUT2D eigenvalue weighted by Gasteiger charge is 2.17. The summed E-state index contributed by atoms with van der Waals surface area (Å²) < 4.78 is 6.43. The van der Waals surface area contributed by atoms with Crippen molar-refractivity contribution in [1.82, 2.24) is 14.8 Å². The molecule has 0 unspecified atom stereocenters. The number of methoxy groups -OCH3 is 1. The van der Waals surface area contributed by atoms with Crippen molar-refractivity contribution in [3.63, 3.8) is 0 Å². The molecule has 0 radical (unpaired) electrons. The van der Waals surface area contributed by atoms with Crippen LogP contribution in [0.5, 0.6) is 0 Å². The van der Waals surface area contributed by atoms with Crippen molar-refractivity contribution in [2.75, 3.05) is 23.5 Å². The normalized spacial score (nSPS) is 10.7. The SMILES string of the molecule is CCn1c(CC(=O)Nc2ccc(Cl)c(Cl)c2)nnc1SCC(=O)Nc1cc(C(=O)OC)ccc1Cl. The Balaban J connectivity index is 1.61. The number of thioether (sulfide) groups is 1. The molecule has 3 aromatic rings. The second kappa shape index (κ2) is 12.3. The van der Waals surface area contributed by atoms with E-state index in [-0.39, 0.29) is 40.3 Å². The molecule has 0 aliphatic carbocycles. The van der Waals surface area contributed by atoms with Crippen molar-refractivity contribution in [3.8, 4) is 0 Å². The van der Waals surface area contributed by atoms with Gasteiger partial charge in [0.1, 0.15) is 5.82 Å². The van der Waals surface area contributed by atoms with E-state index in [9.17, 15) is 14.4 Å². The third kappa shape index (κ3) is 7.11. The summed E-state index contributed by atoms with van der Waals surface area (Å²) >= 11 is 19.2. The largest absolute Gasteiger partial charge is 0.465 e. The molecule has 2 amide bonds. The van der Waals surface area contributed by atoms with Crippen LogP contribution in [-0.2, 0) is 27.3 Å². The lowest BCUT2D eigenvalue weighted by Gasteiger charge is -2.10. The minimum Gasteiger partial charge on any atom is -0.465 e. The maximum absolute atomic E-state index is 12.5. The van der Waals surface area contributed by atoms with Crippen LogP contribution in [0.1, 0.15) is 23.1 Å². The third-order valence-corrected chi connectivity index (χ3v) is 6.66. The predicted molar refractivity (Wildman–Crippen MR) is 137 cm³/mol. The number of hydrogen-bond acceptors (Lipinski definition) is 7. The highest BCUT2D eigenvalue weighted by molar-refractivity contribution is 7.99. The Morgan fingerprint density at radius 1 is 0.971 bits per heavy atom. The third-order valence-electron chi connectivity index (χ3n) is 4.63. The summed E-state index contributed by atoms with van der Waals surface area (Å²) in [6.45, 7) is 2.38. The topological polar surface area (TPSA) is 115 Å². The number of esters is 1. The average Bonchev–Trinajstić information content (AvgIpc) is 3.22. The minimum absolute atomic E-state index is 0.00633. The van der Waals surface area contributed by atoms with Gasteiger partial charge in [0, 0.05) is 12.2 Å². The minimum atomic E-state index is -0.543. The highest BCUT2D eigenvalue weighted by Crippen LogP contribution is 2.26. The fourth-order valence-electron chi connectivity index (χ4n) is 2.98. The maximum Gasteiger partial charge on any atom is 0.337 e. The first-order valence-corrected chi connectivity index (χ1v) is 12.3. The molecule has 2 N–H and O–H groups in total. The Bertz CT molecular complexity index is 1270. The highest BCUT2D eigenvalue weighted by atomic mass is 35.5. The van der Waals surface area contributed by atoms with E-state index < -0.39 is 5.97 Å². The number of carbonyl (C=O) groups is 3. The van der Waals surface area contributed by atoms with Gasteiger partial charge in [0.25, 0.3) is 0 Å². The molecule has 13 heteroatoms. The molecule has 0 spiro atoms. The maximum atomic E-state index is 12.5. The van der Waals surface area contributed by atoms with Crippen LogP contribution in [0, 0.1) is 0 Å². The van der Waals surface area contributed by atoms with E-state index in [2.05, 4.69) is 25.6 Å². The van der Waals surface area contributed by atoms with E-state index in [0.29, 0.717) is 33.3 Å². The lowest BCUT2D eigenvalue weighted by molar-refractivity contribution is -0.116. The van der Waals surface area contributed by atoms with Crippen LogP contribution >= 0.6 is 46.6 Å². The summed E-state index contributed by atoms with van der Waals surface area (Å²) in [6, 6.07) is 9.23. The molecule has 0 saturated heterocycles. The molecule has 1 aromatic heterocycles. The lowest BCUT2D eigenvalue weighted by atomic mass is 10.2. The fourth-order valence-corrected chi connectivity index (χ4v) is 4.26. The monoisotopic (exact) mass is 555 g/mol. The smallest absolute Gasteiger partial charge is 0.337 e. The molecule has 2 aromatic carbocycles. The number of amides is 2. The zero-order valence-corrected chi connectivity index (χ0v) is 21.7. The summed E-state index contributed by atoms with van der Waals surface area (Å²) in [5, 5.41) is 15.1. The van der Waals surface area contributed by atoms with Gasteiger partial charge in [-0.2, -0.15) is 0 Å². The van der Waals surface area contributed by atoms with Crippen LogP contribution in [0.15, 0.2) is 41.6 Å². The predicted octanol–water partition coefficient (Wildman–Crippen LogP) is 4.96. The Hall–Kier alpha value is -2.79. The van der Waals surface area contributed by atoms with Crippen LogP contribution in [0.3, 0.4) is 0 Å². The van der Waals surface area contributed by atoms with E-state index in [0.717, 1.165) is 11.8 Å². The van der Waals surface area contributed by atoms with Gasteiger partial charge in [-0.15, -0.1) is 10.2 Å². The molecule has 0 fully saturated rings. The van der Waals surface area contributed by atoms with Gasteiger partial charge < -0.3 is 19.9 Å². The number of nitrogens with one attached hydrogen (secondary N) is 2. The lowest BCUT2D eigenvalue weighted by Crippen LogP contribution is -2.18. The van der Waals surface area contributed by atoms with Crippen molar-refractivity contribution < 1.29 is 19.1 Å². The first kappa shape index (κ1) is 26.8. The van der Waals surface area contributed by atoms with Gasteiger partial charge >= 0.3 is 5.97 Å². The van der Waals surface area contributed by atoms with E-state index in [1.807, 2.05) is 6.92 Å². The van der Waals surface area contributed by atoms with Crippen molar-refractivity contribution in [3.05, 3.63) is 62.9 Å². The molecule has 9 nitrogen and oxygen atoms in total. The number of rotatable bonds is 9. The fraction of sp³-hybridized carbons (Fsp3) is 0.227. The van der Waals surface area contributed by atoms with Gasteiger partial charge in [-0.1, -0.05) is 46.6 Å². The Labute approximate surface area is 220 Å². The second-order valence-electron chi connectivity index (χ2n) is 7.02. The van der Waals surface area contributed by atoms with Gasteiger partial charge in [-0.25, -0.2) is 4.79 Å². The molecule has 0 atom stereocenters. The molecule has 0 bridgehead atoms. The Kier molecular flexibility index (Phi) is 9.39. The average molecular weight is 557 g/mol. The summed E-state index contributed by atoms with van der Waals surface area (Å²) in [7, 11) is 1.26. The summed E-state index contributed by atoms with van der Waals surface area (Å²) in [5.74, 6) is -0.754. The molecule has 35 heavy (non-hydrogen) atoms. The molecule has 1 heterocycles. The van der Waals surface area contributed by atoms with Gasteiger partial charge in [0.2, 0.25) is 11.8 Å². The number of nitrogens with zero attached hydrogens (tertiary/aromatic N) is 3. The number of halogens is 3. The zero-order chi connectivity index (χ0) is 25.5. The van der Waals surface area contributed by atoms with Crippen LogP contribution < -0.4 is 10.6 Å². The van der Waals surface area contributed by atoms with E-state index in [1.54, 1.807) is 22.8 Å². The van der Waals surface area contributed by atoms with Crippen molar-refractivity contribution >= 4 is 75.7 Å². The number of benzene rings is 2. The zero-order valence-electron chi connectivity index (χ0n) is 18.6. The standard InChI is InChI=1S/C22H20Cl3N5O4S/c1-3-30-18(10-19(31)26-13-5-7-14(23)16(25)9-13)28-29-22(30)35-11-20(32)27-17-8-12(21(33)34-2)4-6-15(17)24/h4-9H,3,10-11H2,1-2H3,(H,26,31)(H,27,32). The van der Waals surface area contributed by atoms with Crippen LogP contribution in [-0.4, -0.2) is 45.4 Å². The molecule has 184 valence electrons. The second-order valence-corrected chi connectivity index (χ2v) is 9.18. The van der Waals surface area contributed by atoms with E-state index >= 15 is 0 Å². The summed E-state index contributed by atoms with van der Waals surface area (Å²) in [5.41, 5.74) is 1.05. The first-order chi connectivity index (χ1) is 16.7. The number of aromatic nitrogens is 3. The summed E-state index contributed by atoms with van der Waals surface area (Å²) in [4.78, 5) is 36.7. The molecule has 3 rings (SSSR count). The number of carbonyl (C=O) groups excluding carboxylic acids is 3. The van der Waals surface area contributed by atoms with Crippen molar-refractivity contribution in [1.29, 1.82) is 0 Å². The number of anilines is 2. The number of ether oxygens (including phenoxy) is 1. The van der Waals surface area contributed by atoms with Crippen LogP contribution in [0.2, 0.25) is 15.1 Å². The van der Waals surface area contributed by atoms with E-state index in [1.165, 1.54) is 25.3 Å². The van der Waals surface area contributed by atoms with Gasteiger partial charge in [-0.05, 0) is 43.3 Å². The molecule has 0 saturated carbocycles. The molecular formula is C22H20Cl3N5O4S. The van der Waals surface area contributed by atoms with E-state index in [4.69, 9.17) is 34.8 Å². The molecule has 0 aliphatic heterocycles. The quantitative estimate of drug-likeness (QED) is 0.283.